The van der Waals surface area contributed by atoms with Crippen molar-refractivity contribution in [2.75, 3.05) is 7.11 Å². The Labute approximate surface area is 131 Å². The number of para-hydroxylation sites is 1. The molecule has 0 amide bonds. The molecule has 22 heavy (non-hydrogen) atoms. The quantitative estimate of drug-likeness (QED) is 0.727. The number of hydrogen-bond donors (Lipinski definition) is 0. The van der Waals surface area contributed by atoms with E-state index in [0.717, 1.165) is 11.3 Å². The molecule has 0 fully saturated rings. The van der Waals surface area contributed by atoms with Gasteiger partial charge in [0, 0.05) is 19.1 Å². The molecule has 3 nitrogen and oxygen atoms in total. The Hall–Kier alpha value is -2.13. The maximum atomic E-state index is 12.5. The van der Waals surface area contributed by atoms with E-state index in [1.165, 1.54) is 0 Å². The highest BCUT2D eigenvalue weighted by Gasteiger charge is 2.21. The third-order valence-corrected chi connectivity index (χ3v) is 3.38. The van der Waals surface area contributed by atoms with Gasteiger partial charge in [-0.3, -0.25) is 4.79 Å². The maximum Gasteiger partial charge on any atom is 0.191 e. The Kier molecular flexibility index (Phi) is 5.73. The van der Waals surface area contributed by atoms with E-state index in [1.807, 2.05) is 68.4 Å². The predicted molar refractivity (Wildman–Crippen MR) is 87.5 cm³/mol. The summed E-state index contributed by atoms with van der Waals surface area (Å²) in [5, 5.41) is 0. The van der Waals surface area contributed by atoms with Crippen LogP contribution < -0.4 is 4.74 Å². The summed E-state index contributed by atoms with van der Waals surface area (Å²) in [6.45, 7) is 3.97. The van der Waals surface area contributed by atoms with E-state index < -0.39 is 6.10 Å². The van der Waals surface area contributed by atoms with Gasteiger partial charge >= 0.3 is 0 Å². The first-order valence-corrected chi connectivity index (χ1v) is 7.48. The molecule has 0 spiro atoms. The van der Waals surface area contributed by atoms with Gasteiger partial charge in [-0.2, -0.15) is 0 Å². The number of methoxy groups -OCH3 is 1. The fourth-order valence-corrected chi connectivity index (χ4v) is 2.31. The van der Waals surface area contributed by atoms with Gasteiger partial charge in [0.1, 0.15) is 11.9 Å². The van der Waals surface area contributed by atoms with Crippen LogP contribution in [0, 0.1) is 0 Å². The van der Waals surface area contributed by atoms with Gasteiger partial charge in [0.25, 0.3) is 0 Å². The summed E-state index contributed by atoms with van der Waals surface area (Å²) in [5.41, 5.74) is 1.64. The van der Waals surface area contributed by atoms with Crippen molar-refractivity contribution in [1.29, 1.82) is 0 Å². The lowest BCUT2D eigenvalue weighted by atomic mass is 9.99. The Bertz CT molecular complexity index is 605. The standard InChI is InChI=1S/C19H22O3/c1-14(2)22-17-12-8-7-11-16(17)13-18(21-3)19(20)15-9-5-4-6-10-15/h4-12,14,18H,13H2,1-3H3/t18-/m1/s1. The molecule has 0 aliphatic rings. The number of hydrogen-bond acceptors (Lipinski definition) is 3. The summed E-state index contributed by atoms with van der Waals surface area (Å²) in [6, 6.07) is 17.0. The van der Waals surface area contributed by atoms with Gasteiger partial charge in [-0.25, -0.2) is 0 Å². The number of benzene rings is 2. The lowest BCUT2D eigenvalue weighted by Gasteiger charge is -2.18. The van der Waals surface area contributed by atoms with Crippen molar-refractivity contribution in [3.63, 3.8) is 0 Å². The Morgan fingerprint density at radius 1 is 1.00 bits per heavy atom. The zero-order chi connectivity index (χ0) is 15.9. The highest BCUT2D eigenvalue weighted by molar-refractivity contribution is 5.99. The Morgan fingerprint density at radius 2 is 1.64 bits per heavy atom. The van der Waals surface area contributed by atoms with Gasteiger partial charge in [0.05, 0.1) is 6.10 Å². The van der Waals surface area contributed by atoms with E-state index in [2.05, 4.69) is 0 Å². The summed E-state index contributed by atoms with van der Waals surface area (Å²) in [4.78, 5) is 12.5. The zero-order valence-electron chi connectivity index (χ0n) is 13.3. The molecule has 0 aliphatic heterocycles. The summed E-state index contributed by atoms with van der Waals surface area (Å²) >= 11 is 0. The lowest BCUT2D eigenvalue weighted by Crippen LogP contribution is -2.26. The third kappa shape index (κ3) is 4.18. The molecule has 0 heterocycles. The van der Waals surface area contributed by atoms with Gasteiger partial charge in [0.2, 0.25) is 0 Å². The van der Waals surface area contributed by atoms with E-state index in [0.29, 0.717) is 12.0 Å². The second kappa shape index (κ2) is 7.76. The lowest BCUT2D eigenvalue weighted by molar-refractivity contribution is 0.0604. The number of carbonyl (C=O) groups is 1. The van der Waals surface area contributed by atoms with Crippen LogP contribution in [0.25, 0.3) is 0 Å². The minimum Gasteiger partial charge on any atom is -0.491 e. The molecule has 0 saturated carbocycles. The van der Waals surface area contributed by atoms with Crippen LogP contribution in [0.15, 0.2) is 54.6 Å². The molecule has 2 aromatic carbocycles. The number of ether oxygens (including phenoxy) is 2. The van der Waals surface area contributed by atoms with Gasteiger partial charge in [-0.1, -0.05) is 48.5 Å². The number of rotatable bonds is 7. The zero-order valence-corrected chi connectivity index (χ0v) is 13.3. The fourth-order valence-electron chi connectivity index (χ4n) is 2.31. The molecule has 0 N–H and O–H groups in total. The van der Waals surface area contributed by atoms with Gasteiger partial charge < -0.3 is 9.47 Å². The summed E-state index contributed by atoms with van der Waals surface area (Å²) in [5.74, 6) is 0.794. The van der Waals surface area contributed by atoms with Crippen LogP contribution in [0.2, 0.25) is 0 Å². The van der Waals surface area contributed by atoms with Gasteiger partial charge in [0.15, 0.2) is 5.78 Å². The molecule has 1 atom stereocenters. The smallest absolute Gasteiger partial charge is 0.191 e. The van der Waals surface area contributed by atoms with E-state index in [1.54, 1.807) is 7.11 Å². The Balaban J connectivity index is 2.19. The number of ketones is 1. The van der Waals surface area contributed by atoms with E-state index in [4.69, 9.17) is 9.47 Å². The largest absolute Gasteiger partial charge is 0.491 e. The number of carbonyl (C=O) groups excluding carboxylic acids is 1. The van der Waals surface area contributed by atoms with Crippen LogP contribution in [0.3, 0.4) is 0 Å². The van der Waals surface area contributed by atoms with Crippen LogP contribution >= 0.6 is 0 Å². The van der Waals surface area contributed by atoms with Crippen LogP contribution in [-0.4, -0.2) is 25.1 Å². The van der Waals surface area contributed by atoms with Crippen molar-refractivity contribution < 1.29 is 14.3 Å². The molecule has 0 saturated heterocycles. The van der Waals surface area contributed by atoms with Gasteiger partial charge in [-0.15, -0.1) is 0 Å². The second-order valence-electron chi connectivity index (χ2n) is 5.43. The summed E-state index contributed by atoms with van der Waals surface area (Å²) in [7, 11) is 1.57. The molecule has 3 heteroatoms. The predicted octanol–water partition coefficient (Wildman–Crippen LogP) is 3.91. The van der Waals surface area contributed by atoms with Crippen molar-refractivity contribution in [2.24, 2.45) is 0 Å². The molecule has 0 aliphatic carbocycles. The van der Waals surface area contributed by atoms with Crippen LogP contribution in [0.1, 0.15) is 29.8 Å². The summed E-state index contributed by atoms with van der Waals surface area (Å²) < 4.78 is 11.2. The summed E-state index contributed by atoms with van der Waals surface area (Å²) in [6.07, 6.45) is 0.0684. The molecular weight excluding hydrogens is 276 g/mol. The molecular formula is C19H22O3. The SMILES string of the molecule is CO[C@H](Cc1ccccc1OC(C)C)C(=O)c1ccccc1. The maximum absolute atomic E-state index is 12.5. The van der Waals surface area contributed by atoms with Crippen molar-refractivity contribution in [2.45, 2.75) is 32.5 Å². The molecule has 2 aromatic rings. The van der Waals surface area contributed by atoms with Crippen LogP contribution in [0.5, 0.6) is 5.75 Å². The van der Waals surface area contributed by atoms with Crippen molar-refractivity contribution in [1.82, 2.24) is 0 Å². The topological polar surface area (TPSA) is 35.5 Å². The third-order valence-electron chi connectivity index (χ3n) is 3.38. The van der Waals surface area contributed by atoms with Crippen molar-refractivity contribution in [3.05, 3.63) is 65.7 Å². The monoisotopic (exact) mass is 298 g/mol. The first-order valence-electron chi connectivity index (χ1n) is 7.48. The van der Waals surface area contributed by atoms with E-state index in [9.17, 15) is 4.79 Å². The minimum atomic E-state index is -0.515. The van der Waals surface area contributed by atoms with E-state index >= 15 is 0 Å². The first-order chi connectivity index (χ1) is 10.6. The first kappa shape index (κ1) is 16.2. The molecule has 2 rings (SSSR count). The Morgan fingerprint density at radius 3 is 2.27 bits per heavy atom. The molecule has 0 bridgehead atoms. The molecule has 116 valence electrons. The van der Waals surface area contributed by atoms with Crippen LogP contribution in [0.4, 0.5) is 0 Å². The minimum absolute atomic E-state index is 0.0116. The average molecular weight is 298 g/mol. The second-order valence-corrected chi connectivity index (χ2v) is 5.43. The van der Waals surface area contributed by atoms with Gasteiger partial charge in [-0.05, 0) is 25.5 Å². The molecule has 0 aromatic heterocycles. The average Bonchev–Trinajstić information content (AvgIpc) is 2.53. The van der Waals surface area contributed by atoms with E-state index in [-0.39, 0.29) is 11.9 Å². The van der Waals surface area contributed by atoms with Crippen LogP contribution in [-0.2, 0) is 11.2 Å². The molecule has 0 unspecified atom stereocenters. The molecule has 0 radical (unpaired) electrons. The fraction of sp³-hybridized carbons (Fsp3) is 0.316. The normalized spacial score (nSPS) is 12.2. The van der Waals surface area contributed by atoms with Crippen molar-refractivity contribution >= 4 is 5.78 Å². The van der Waals surface area contributed by atoms with Crippen molar-refractivity contribution in [3.8, 4) is 5.75 Å². The highest BCUT2D eigenvalue weighted by Crippen LogP contribution is 2.22. The highest BCUT2D eigenvalue weighted by atomic mass is 16.5. The number of Topliss-reactive ketones (excluding diaryl/α,β-unsaturated/α-hetero) is 1.